The molecule has 3 heterocycles. The molecule has 212 valence electrons. The van der Waals surface area contributed by atoms with Crippen molar-refractivity contribution < 1.29 is 27.2 Å². The van der Waals surface area contributed by atoms with Crippen LogP contribution in [-0.4, -0.2) is 49.6 Å². The van der Waals surface area contributed by atoms with Gasteiger partial charge in [0.25, 0.3) is 5.91 Å². The van der Waals surface area contributed by atoms with Crippen LogP contribution in [0.3, 0.4) is 0 Å². The van der Waals surface area contributed by atoms with Crippen molar-refractivity contribution in [1.82, 2.24) is 30.0 Å². The van der Waals surface area contributed by atoms with Gasteiger partial charge in [-0.05, 0) is 42.7 Å². The Bertz CT molecular complexity index is 1630. The van der Waals surface area contributed by atoms with Crippen LogP contribution in [0.1, 0.15) is 40.4 Å². The van der Waals surface area contributed by atoms with Gasteiger partial charge in [-0.25, -0.2) is 19.0 Å². The number of nitrogens with zero attached hydrogens (tertiary/aromatic N) is 5. The number of hydrogen-bond donors (Lipinski definition) is 2. The molecule has 0 spiro atoms. The third-order valence-corrected chi connectivity index (χ3v) is 6.96. The highest BCUT2D eigenvalue weighted by Gasteiger charge is 2.35. The second-order valence-electron chi connectivity index (χ2n) is 9.60. The molecule has 1 aliphatic heterocycles. The van der Waals surface area contributed by atoms with Gasteiger partial charge in [0.2, 0.25) is 5.91 Å². The summed E-state index contributed by atoms with van der Waals surface area (Å²) in [6.45, 7) is 4.57. The number of anilines is 1. The van der Waals surface area contributed by atoms with Gasteiger partial charge in [-0.3, -0.25) is 9.59 Å². The van der Waals surface area contributed by atoms with Crippen LogP contribution in [0.5, 0.6) is 0 Å². The Labute approximate surface area is 231 Å². The second kappa shape index (κ2) is 11.0. The lowest BCUT2D eigenvalue weighted by Gasteiger charge is -2.32. The lowest BCUT2D eigenvalue weighted by Crippen LogP contribution is -2.40. The highest BCUT2D eigenvalue weighted by molar-refractivity contribution is 5.98. The zero-order valence-electron chi connectivity index (χ0n) is 21.7. The molecule has 4 aromatic rings. The maximum atomic E-state index is 13.4. The summed E-state index contributed by atoms with van der Waals surface area (Å²) in [6.07, 6.45) is -0.681. The van der Waals surface area contributed by atoms with Crippen LogP contribution in [-0.2, 0) is 17.5 Å². The topological polar surface area (TPSA) is 119 Å². The highest BCUT2D eigenvalue weighted by Crippen LogP contribution is 2.34. The Morgan fingerprint density at radius 3 is 2.61 bits per heavy atom. The second-order valence-corrected chi connectivity index (χ2v) is 9.60. The number of carbonyl (C=O) groups excluding carboxylic acids is 2. The average Bonchev–Trinajstić information content (AvgIpc) is 3.36. The highest BCUT2D eigenvalue weighted by atomic mass is 19.4. The summed E-state index contributed by atoms with van der Waals surface area (Å²) in [5, 5.41) is 7.81. The van der Waals surface area contributed by atoms with Gasteiger partial charge in [-0.1, -0.05) is 30.8 Å². The van der Waals surface area contributed by atoms with E-state index in [-0.39, 0.29) is 24.3 Å². The van der Waals surface area contributed by atoms with Crippen molar-refractivity contribution in [2.45, 2.75) is 31.6 Å². The van der Waals surface area contributed by atoms with Crippen molar-refractivity contribution in [3.05, 3.63) is 84.0 Å². The molecule has 41 heavy (non-hydrogen) atoms. The summed E-state index contributed by atoms with van der Waals surface area (Å²) in [6, 6.07) is 8.65. The first kappa shape index (κ1) is 27.7. The lowest BCUT2D eigenvalue weighted by molar-refractivity contribution is -0.138. The summed E-state index contributed by atoms with van der Waals surface area (Å²) in [5.74, 6) is -1.98. The molecule has 2 aromatic heterocycles. The van der Waals surface area contributed by atoms with Crippen molar-refractivity contribution in [3.63, 3.8) is 0 Å². The summed E-state index contributed by atoms with van der Waals surface area (Å²) in [7, 11) is 0. The fourth-order valence-electron chi connectivity index (χ4n) is 4.94. The molecule has 1 fully saturated rings. The van der Waals surface area contributed by atoms with Crippen molar-refractivity contribution in [1.29, 1.82) is 0 Å². The van der Waals surface area contributed by atoms with E-state index >= 15 is 0 Å². The number of fused-ring (bicyclic) bond motifs is 1. The number of piperidine rings is 1. The Kier molecular flexibility index (Phi) is 7.43. The Morgan fingerprint density at radius 2 is 1.90 bits per heavy atom. The molecule has 0 radical (unpaired) electrons. The SMILES string of the molecule is C=CC(=O)N1CCC[C@@H](n2nc(-c3ccc(CNC(=O)c4ccc(F)cc4C(F)(F)F)cc3)c3c(N)ncnc32)C1. The molecule has 2 amide bonds. The number of halogens is 4. The van der Waals surface area contributed by atoms with Crippen LogP contribution in [0.4, 0.5) is 23.4 Å². The van der Waals surface area contributed by atoms with Crippen LogP contribution in [0.2, 0.25) is 0 Å². The van der Waals surface area contributed by atoms with Crippen LogP contribution < -0.4 is 11.1 Å². The summed E-state index contributed by atoms with van der Waals surface area (Å²) in [4.78, 5) is 35.0. The molecule has 3 N–H and O–H groups in total. The number of alkyl halides is 3. The molecule has 1 saturated heterocycles. The Morgan fingerprint density at radius 1 is 1.15 bits per heavy atom. The zero-order valence-corrected chi connectivity index (χ0v) is 21.7. The Hall–Kier alpha value is -4.81. The van der Waals surface area contributed by atoms with E-state index in [1.54, 1.807) is 33.8 Å². The minimum atomic E-state index is -4.88. The van der Waals surface area contributed by atoms with Gasteiger partial charge in [0.1, 0.15) is 23.7 Å². The van der Waals surface area contributed by atoms with Gasteiger partial charge in [0, 0.05) is 25.2 Å². The summed E-state index contributed by atoms with van der Waals surface area (Å²) >= 11 is 0. The number of hydrogen-bond acceptors (Lipinski definition) is 6. The first-order valence-corrected chi connectivity index (χ1v) is 12.7. The molecular formula is C28H25F4N7O2. The van der Waals surface area contributed by atoms with Crippen molar-refractivity contribution >= 4 is 28.7 Å². The van der Waals surface area contributed by atoms with Gasteiger partial charge in [0.05, 0.1) is 22.6 Å². The maximum absolute atomic E-state index is 13.4. The van der Waals surface area contributed by atoms with Gasteiger partial charge in [-0.2, -0.15) is 18.3 Å². The first-order chi connectivity index (χ1) is 19.6. The quantitative estimate of drug-likeness (QED) is 0.261. The number of carbonyl (C=O) groups is 2. The maximum Gasteiger partial charge on any atom is 0.417 e. The van der Waals surface area contributed by atoms with Crippen molar-refractivity contribution in [2.24, 2.45) is 0 Å². The minimum absolute atomic E-state index is 0.0660. The third kappa shape index (κ3) is 5.60. The number of likely N-dealkylation sites (tertiary alicyclic amines) is 1. The largest absolute Gasteiger partial charge is 0.417 e. The zero-order chi connectivity index (χ0) is 29.3. The van der Waals surface area contributed by atoms with Crippen LogP contribution in [0, 0.1) is 5.82 Å². The van der Waals surface area contributed by atoms with E-state index in [2.05, 4.69) is 21.9 Å². The average molecular weight is 568 g/mol. The van der Waals surface area contributed by atoms with E-state index in [0.29, 0.717) is 47.0 Å². The molecule has 0 unspecified atom stereocenters. The van der Waals surface area contributed by atoms with E-state index in [1.165, 1.54) is 12.4 Å². The summed E-state index contributed by atoms with van der Waals surface area (Å²) in [5.41, 5.74) is 6.55. The van der Waals surface area contributed by atoms with Gasteiger partial charge < -0.3 is 16.0 Å². The number of benzene rings is 2. The number of aromatic nitrogens is 4. The number of amides is 2. The van der Waals surface area contributed by atoms with Gasteiger partial charge >= 0.3 is 6.18 Å². The molecule has 9 nitrogen and oxygen atoms in total. The van der Waals surface area contributed by atoms with Crippen molar-refractivity contribution in [2.75, 3.05) is 18.8 Å². The molecule has 1 atom stereocenters. The number of nitrogen functional groups attached to an aromatic ring is 1. The molecule has 0 bridgehead atoms. The van der Waals surface area contributed by atoms with Crippen LogP contribution in [0.15, 0.2) is 61.4 Å². The number of nitrogens with two attached hydrogens (primary N) is 1. The van der Waals surface area contributed by atoms with E-state index in [4.69, 9.17) is 10.8 Å². The number of rotatable bonds is 6. The molecular weight excluding hydrogens is 542 g/mol. The fraction of sp³-hybridized carbons (Fsp3) is 0.250. The minimum Gasteiger partial charge on any atom is -0.383 e. The molecule has 0 aliphatic carbocycles. The number of nitrogens with one attached hydrogen (secondary N) is 1. The van der Waals surface area contributed by atoms with E-state index in [9.17, 15) is 27.2 Å². The van der Waals surface area contributed by atoms with Gasteiger partial charge in [0.15, 0.2) is 5.65 Å². The Balaban J connectivity index is 1.38. The monoisotopic (exact) mass is 567 g/mol. The standard InChI is InChI=1S/C28H25F4N7O2/c1-2-22(40)38-11-3-4-19(14-38)39-26-23(25(33)35-15-36-26)24(37-39)17-7-5-16(6-8-17)13-34-27(41)20-10-9-18(29)12-21(20)28(30,31)32/h2,5-10,12,15,19H,1,3-4,11,13-14H2,(H,34,41)(H2,33,35,36)/t19-/m1/s1. The van der Waals surface area contributed by atoms with Gasteiger partial charge in [-0.15, -0.1) is 0 Å². The van der Waals surface area contributed by atoms with Crippen molar-refractivity contribution in [3.8, 4) is 11.3 Å². The third-order valence-electron chi connectivity index (χ3n) is 6.96. The predicted molar refractivity (Wildman–Crippen MR) is 143 cm³/mol. The van der Waals surface area contributed by atoms with Crippen LogP contribution >= 0.6 is 0 Å². The fourth-order valence-corrected chi connectivity index (χ4v) is 4.94. The molecule has 2 aromatic carbocycles. The molecule has 0 saturated carbocycles. The van der Waals surface area contributed by atoms with Crippen LogP contribution in [0.25, 0.3) is 22.3 Å². The first-order valence-electron chi connectivity index (χ1n) is 12.7. The molecule has 1 aliphatic rings. The lowest BCUT2D eigenvalue weighted by atomic mass is 10.0. The predicted octanol–water partition coefficient (Wildman–Crippen LogP) is 4.51. The normalized spacial score (nSPS) is 15.6. The molecule has 5 rings (SSSR count). The molecule has 13 heteroatoms. The van der Waals surface area contributed by atoms with E-state index in [1.807, 2.05) is 0 Å². The summed E-state index contributed by atoms with van der Waals surface area (Å²) < 4.78 is 55.0. The van der Waals surface area contributed by atoms with E-state index in [0.717, 1.165) is 25.0 Å². The van der Waals surface area contributed by atoms with E-state index < -0.39 is 29.0 Å². The smallest absolute Gasteiger partial charge is 0.383 e.